The maximum Gasteiger partial charge on any atom is 0.417 e. The minimum Gasteiger partial charge on any atom is -0.353 e. The number of nitriles is 1. The fraction of sp³-hybridized carbons (Fsp3) is 0.471. The lowest BCUT2D eigenvalue weighted by Gasteiger charge is -2.40. The molecule has 9 heteroatoms. The quantitative estimate of drug-likeness (QED) is 0.908. The summed E-state index contributed by atoms with van der Waals surface area (Å²) < 4.78 is 42.0. The average molecular weight is 362 g/mol. The van der Waals surface area contributed by atoms with E-state index >= 15 is 0 Å². The van der Waals surface area contributed by atoms with Gasteiger partial charge in [-0.2, -0.15) is 23.5 Å². The second-order valence-electron chi connectivity index (χ2n) is 6.71. The Morgan fingerprint density at radius 1 is 1.35 bits per heavy atom. The highest BCUT2D eigenvalue weighted by Gasteiger charge is 2.39. The van der Waals surface area contributed by atoms with Crippen LogP contribution in [0.2, 0.25) is 0 Å². The van der Waals surface area contributed by atoms with Gasteiger partial charge in [0.2, 0.25) is 0 Å². The number of rotatable bonds is 3. The Bertz CT molecular complexity index is 878. The van der Waals surface area contributed by atoms with Gasteiger partial charge in [-0.3, -0.25) is 0 Å². The summed E-state index contributed by atoms with van der Waals surface area (Å²) in [6.07, 6.45) is -2.16. The van der Waals surface area contributed by atoms with Gasteiger partial charge in [-0.15, -0.1) is 0 Å². The van der Waals surface area contributed by atoms with Gasteiger partial charge in [0, 0.05) is 37.8 Å². The van der Waals surface area contributed by atoms with E-state index in [4.69, 9.17) is 0 Å². The molecule has 2 aliphatic heterocycles. The molecule has 0 aliphatic carbocycles. The second-order valence-corrected chi connectivity index (χ2v) is 6.71. The Labute approximate surface area is 148 Å². The first-order valence-corrected chi connectivity index (χ1v) is 8.44. The van der Waals surface area contributed by atoms with Crippen LogP contribution in [0.15, 0.2) is 18.3 Å². The molecule has 2 aliphatic rings. The fourth-order valence-electron chi connectivity index (χ4n) is 3.19. The molecule has 1 N–H and O–H groups in total. The normalized spacial score (nSPS) is 20.4. The van der Waals surface area contributed by atoms with E-state index < -0.39 is 17.3 Å². The number of aromatic nitrogens is 3. The van der Waals surface area contributed by atoms with Crippen LogP contribution in [0.25, 0.3) is 5.82 Å². The number of alkyl halides is 3. The molecule has 2 saturated heterocycles. The number of hydrogen-bond donors (Lipinski definition) is 1. The zero-order chi connectivity index (χ0) is 18.5. The Morgan fingerprint density at radius 2 is 2.12 bits per heavy atom. The van der Waals surface area contributed by atoms with Crippen molar-refractivity contribution in [3.63, 3.8) is 0 Å². The number of hydrogen-bond acceptors (Lipinski definition) is 5. The Kier molecular flexibility index (Phi) is 3.88. The largest absolute Gasteiger partial charge is 0.417 e. The van der Waals surface area contributed by atoms with Crippen molar-refractivity contribution in [3.05, 3.63) is 35.2 Å². The second kappa shape index (κ2) is 5.99. The number of nitrogens with one attached hydrogen (secondary N) is 1. The molecule has 0 unspecified atom stereocenters. The van der Waals surface area contributed by atoms with Crippen molar-refractivity contribution in [1.82, 2.24) is 20.1 Å². The van der Waals surface area contributed by atoms with Crippen LogP contribution in [-0.4, -0.2) is 40.4 Å². The van der Waals surface area contributed by atoms with Crippen molar-refractivity contribution in [2.24, 2.45) is 0 Å². The summed E-state index contributed by atoms with van der Waals surface area (Å²) in [5, 5.41) is 16.9. The highest BCUT2D eigenvalue weighted by Crippen LogP contribution is 2.38. The molecule has 1 atom stereocenters. The number of halogens is 3. The van der Waals surface area contributed by atoms with Crippen LogP contribution in [0.4, 0.5) is 19.0 Å². The fourth-order valence-corrected chi connectivity index (χ4v) is 3.19. The summed E-state index contributed by atoms with van der Waals surface area (Å²) in [6.45, 7) is 4.11. The van der Waals surface area contributed by atoms with E-state index in [1.54, 1.807) is 23.2 Å². The van der Waals surface area contributed by atoms with Crippen LogP contribution in [0.1, 0.15) is 36.1 Å². The molecule has 0 bridgehead atoms. The molecule has 0 amide bonds. The van der Waals surface area contributed by atoms with E-state index in [0.29, 0.717) is 6.54 Å². The van der Waals surface area contributed by atoms with Gasteiger partial charge in [0.25, 0.3) is 0 Å². The molecule has 0 radical (unpaired) electrons. The lowest BCUT2D eigenvalue weighted by atomic mass is 10.0. The Hall–Kier alpha value is -2.60. The molecule has 0 aromatic carbocycles. The smallest absolute Gasteiger partial charge is 0.353 e. The molecule has 2 fully saturated rings. The SMILES string of the molecule is C[C@H]1CCN1c1nc(-n2ccc(C3CNC3)n2)cc(C(F)(F)F)c1C#N. The summed E-state index contributed by atoms with van der Waals surface area (Å²) in [5.74, 6) is 0.425. The highest BCUT2D eigenvalue weighted by molar-refractivity contribution is 5.62. The van der Waals surface area contributed by atoms with Crippen LogP contribution in [-0.2, 0) is 6.18 Å². The van der Waals surface area contributed by atoms with Crippen molar-refractivity contribution >= 4 is 5.82 Å². The van der Waals surface area contributed by atoms with Gasteiger partial charge in [-0.1, -0.05) is 0 Å². The number of pyridine rings is 1. The predicted octanol–water partition coefficient (Wildman–Crippen LogP) is 2.44. The molecule has 2 aromatic heterocycles. The maximum atomic E-state index is 13.6. The Morgan fingerprint density at radius 3 is 2.62 bits per heavy atom. The summed E-state index contributed by atoms with van der Waals surface area (Å²) in [6, 6.07) is 4.46. The van der Waals surface area contributed by atoms with E-state index in [1.807, 2.05) is 6.92 Å². The van der Waals surface area contributed by atoms with Crippen LogP contribution >= 0.6 is 0 Å². The summed E-state index contributed by atoms with van der Waals surface area (Å²) >= 11 is 0. The molecule has 4 heterocycles. The predicted molar refractivity (Wildman–Crippen MR) is 88.1 cm³/mol. The third-order valence-corrected chi connectivity index (χ3v) is 5.04. The molecule has 0 spiro atoms. The van der Waals surface area contributed by atoms with Crippen molar-refractivity contribution in [1.29, 1.82) is 5.26 Å². The monoisotopic (exact) mass is 362 g/mol. The standard InChI is InChI=1S/C17H17F3N6/c1-10-2-4-25(10)16-12(7-21)13(17(18,19)20)6-15(23-16)26-5-3-14(24-26)11-8-22-9-11/h3,5-6,10-11,22H,2,4,8-9H2,1H3/t10-/m0/s1. The van der Waals surface area contributed by atoms with Crippen LogP contribution in [0, 0.1) is 11.3 Å². The first-order valence-electron chi connectivity index (χ1n) is 8.44. The van der Waals surface area contributed by atoms with Gasteiger partial charge in [0.05, 0.1) is 11.3 Å². The minimum atomic E-state index is -4.64. The lowest BCUT2D eigenvalue weighted by molar-refractivity contribution is -0.137. The molecule has 136 valence electrons. The van der Waals surface area contributed by atoms with Gasteiger partial charge >= 0.3 is 6.18 Å². The highest BCUT2D eigenvalue weighted by atomic mass is 19.4. The summed E-state index contributed by atoms with van der Waals surface area (Å²) in [4.78, 5) is 6.10. The third-order valence-electron chi connectivity index (χ3n) is 5.04. The third kappa shape index (κ3) is 2.70. The van der Waals surface area contributed by atoms with Crippen molar-refractivity contribution in [2.45, 2.75) is 31.5 Å². The molecule has 0 saturated carbocycles. The zero-order valence-electron chi connectivity index (χ0n) is 14.1. The maximum absolute atomic E-state index is 13.6. The molecule has 6 nitrogen and oxygen atoms in total. The summed E-state index contributed by atoms with van der Waals surface area (Å²) in [5.41, 5.74) is -0.577. The van der Waals surface area contributed by atoms with E-state index in [9.17, 15) is 18.4 Å². The number of nitrogens with zero attached hydrogens (tertiary/aromatic N) is 5. The Balaban J connectivity index is 1.83. The van der Waals surface area contributed by atoms with Crippen LogP contribution in [0.5, 0.6) is 0 Å². The van der Waals surface area contributed by atoms with E-state index in [2.05, 4.69) is 15.4 Å². The number of anilines is 1. The average Bonchev–Trinajstić information content (AvgIpc) is 2.99. The van der Waals surface area contributed by atoms with Gasteiger partial charge in [-0.05, 0) is 25.5 Å². The molecular weight excluding hydrogens is 345 g/mol. The van der Waals surface area contributed by atoms with Gasteiger partial charge < -0.3 is 10.2 Å². The van der Waals surface area contributed by atoms with E-state index in [-0.39, 0.29) is 23.6 Å². The summed E-state index contributed by atoms with van der Waals surface area (Å²) in [7, 11) is 0. The van der Waals surface area contributed by atoms with Crippen molar-refractivity contribution in [3.8, 4) is 11.9 Å². The molecule has 2 aromatic rings. The minimum absolute atomic E-state index is 0.0557. The van der Waals surface area contributed by atoms with Crippen LogP contribution < -0.4 is 10.2 Å². The van der Waals surface area contributed by atoms with Gasteiger partial charge in [-0.25, -0.2) is 9.67 Å². The van der Waals surface area contributed by atoms with Crippen LogP contribution in [0.3, 0.4) is 0 Å². The first-order chi connectivity index (χ1) is 12.4. The van der Waals surface area contributed by atoms with Gasteiger partial charge in [0.1, 0.15) is 17.5 Å². The van der Waals surface area contributed by atoms with E-state index in [1.165, 1.54) is 4.68 Å². The van der Waals surface area contributed by atoms with E-state index in [0.717, 1.165) is 31.3 Å². The zero-order valence-corrected chi connectivity index (χ0v) is 14.1. The van der Waals surface area contributed by atoms with Crippen molar-refractivity contribution in [2.75, 3.05) is 24.5 Å². The lowest BCUT2D eigenvalue weighted by Crippen LogP contribution is -2.47. The first kappa shape index (κ1) is 16.8. The molecular formula is C17H17F3N6. The molecule has 26 heavy (non-hydrogen) atoms. The topological polar surface area (TPSA) is 69.8 Å². The van der Waals surface area contributed by atoms with Gasteiger partial charge in [0.15, 0.2) is 5.82 Å². The van der Waals surface area contributed by atoms with Crippen molar-refractivity contribution < 1.29 is 13.2 Å². The molecule has 4 rings (SSSR count).